The summed E-state index contributed by atoms with van der Waals surface area (Å²) < 4.78 is 15.6. The lowest BCUT2D eigenvalue weighted by molar-refractivity contribution is 0.366. The van der Waals surface area contributed by atoms with Gasteiger partial charge in [-0.05, 0) is 25.1 Å². The second kappa shape index (κ2) is 5.29. The zero-order valence-corrected chi connectivity index (χ0v) is 9.53. The molecule has 0 aliphatic heterocycles. The lowest BCUT2D eigenvalue weighted by Crippen LogP contribution is -1.92. The standard InChI is InChI=1S/C12H16O3/c1-5-12(15-4)9-6-10(13-2)8-11(7-9)14-3/h5-8H,1-4H3. The average Bonchev–Trinajstić information content (AvgIpc) is 2.30. The SMILES string of the molecule is CC=C(OC)c1cc(OC)cc(OC)c1. The predicted octanol–water partition coefficient (Wildman–Crippen LogP) is 2.71. The van der Waals surface area contributed by atoms with Gasteiger partial charge in [0, 0.05) is 11.6 Å². The van der Waals surface area contributed by atoms with Gasteiger partial charge in [-0.25, -0.2) is 0 Å². The fourth-order valence-corrected chi connectivity index (χ4v) is 1.35. The highest BCUT2D eigenvalue weighted by Gasteiger charge is 2.05. The number of hydrogen-bond acceptors (Lipinski definition) is 3. The van der Waals surface area contributed by atoms with Gasteiger partial charge >= 0.3 is 0 Å². The molecule has 3 nitrogen and oxygen atoms in total. The summed E-state index contributed by atoms with van der Waals surface area (Å²) in [6.45, 7) is 1.92. The zero-order chi connectivity index (χ0) is 11.3. The molecule has 0 aliphatic carbocycles. The summed E-state index contributed by atoms with van der Waals surface area (Å²) in [5.41, 5.74) is 0.941. The van der Waals surface area contributed by atoms with E-state index >= 15 is 0 Å². The van der Waals surface area contributed by atoms with Crippen LogP contribution in [-0.4, -0.2) is 21.3 Å². The van der Waals surface area contributed by atoms with Gasteiger partial charge in [-0.2, -0.15) is 0 Å². The molecule has 1 rings (SSSR count). The minimum Gasteiger partial charge on any atom is -0.497 e. The number of ether oxygens (including phenoxy) is 3. The van der Waals surface area contributed by atoms with Crippen LogP contribution in [0, 0.1) is 0 Å². The Morgan fingerprint density at radius 2 is 1.53 bits per heavy atom. The van der Waals surface area contributed by atoms with Crippen molar-refractivity contribution in [2.75, 3.05) is 21.3 Å². The van der Waals surface area contributed by atoms with Crippen molar-refractivity contribution in [3.8, 4) is 11.5 Å². The van der Waals surface area contributed by atoms with E-state index in [2.05, 4.69) is 0 Å². The number of rotatable bonds is 4. The van der Waals surface area contributed by atoms with Crippen LogP contribution in [0.1, 0.15) is 12.5 Å². The van der Waals surface area contributed by atoms with E-state index in [1.165, 1.54) is 0 Å². The molecule has 0 heterocycles. The minimum absolute atomic E-state index is 0.751. The van der Waals surface area contributed by atoms with Crippen LogP contribution >= 0.6 is 0 Å². The molecule has 0 unspecified atom stereocenters. The Morgan fingerprint density at radius 3 is 1.87 bits per heavy atom. The summed E-state index contributed by atoms with van der Waals surface area (Å²) in [6, 6.07) is 5.63. The molecule has 0 aromatic heterocycles. The van der Waals surface area contributed by atoms with Crippen molar-refractivity contribution >= 4 is 5.76 Å². The fourth-order valence-electron chi connectivity index (χ4n) is 1.35. The number of hydrogen-bond donors (Lipinski definition) is 0. The Kier molecular flexibility index (Phi) is 4.03. The van der Waals surface area contributed by atoms with Crippen LogP contribution in [0.4, 0.5) is 0 Å². The third-order valence-electron chi connectivity index (χ3n) is 2.12. The second-order valence-electron chi connectivity index (χ2n) is 2.96. The molecule has 0 saturated carbocycles. The molecule has 0 spiro atoms. The fraction of sp³-hybridized carbons (Fsp3) is 0.333. The van der Waals surface area contributed by atoms with Crippen molar-refractivity contribution in [2.24, 2.45) is 0 Å². The van der Waals surface area contributed by atoms with Crippen molar-refractivity contribution in [1.82, 2.24) is 0 Å². The Labute approximate surface area is 90.3 Å². The Morgan fingerprint density at radius 1 is 1.00 bits per heavy atom. The third kappa shape index (κ3) is 2.65. The Bertz CT molecular complexity index is 334. The molecule has 15 heavy (non-hydrogen) atoms. The highest BCUT2D eigenvalue weighted by Crippen LogP contribution is 2.27. The van der Waals surface area contributed by atoms with E-state index in [4.69, 9.17) is 14.2 Å². The highest BCUT2D eigenvalue weighted by molar-refractivity contribution is 5.63. The first-order valence-corrected chi connectivity index (χ1v) is 4.69. The summed E-state index contributed by atoms with van der Waals surface area (Å²) in [5.74, 6) is 2.30. The molecule has 82 valence electrons. The van der Waals surface area contributed by atoms with Crippen molar-refractivity contribution < 1.29 is 14.2 Å². The summed E-state index contributed by atoms with van der Waals surface area (Å²) in [4.78, 5) is 0. The predicted molar refractivity (Wildman–Crippen MR) is 60.2 cm³/mol. The quantitative estimate of drug-likeness (QED) is 0.712. The van der Waals surface area contributed by atoms with Gasteiger partial charge < -0.3 is 14.2 Å². The van der Waals surface area contributed by atoms with Crippen LogP contribution < -0.4 is 9.47 Å². The highest BCUT2D eigenvalue weighted by atomic mass is 16.5. The van der Waals surface area contributed by atoms with Crippen LogP contribution in [0.2, 0.25) is 0 Å². The van der Waals surface area contributed by atoms with E-state index in [0.29, 0.717) is 0 Å². The van der Waals surface area contributed by atoms with Gasteiger partial charge in [0.15, 0.2) is 0 Å². The molecule has 0 amide bonds. The molecular weight excluding hydrogens is 192 g/mol. The smallest absolute Gasteiger partial charge is 0.123 e. The Hall–Kier alpha value is -1.64. The first-order valence-electron chi connectivity index (χ1n) is 4.69. The molecule has 1 aromatic rings. The number of methoxy groups -OCH3 is 3. The van der Waals surface area contributed by atoms with Gasteiger partial charge in [-0.15, -0.1) is 0 Å². The van der Waals surface area contributed by atoms with Gasteiger partial charge in [0.25, 0.3) is 0 Å². The van der Waals surface area contributed by atoms with Crippen LogP contribution in [-0.2, 0) is 4.74 Å². The number of allylic oxidation sites excluding steroid dienone is 1. The summed E-state index contributed by atoms with van der Waals surface area (Å²) >= 11 is 0. The molecule has 0 radical (unpaired) electrons. The first kappa shape index (κ1) is 11.4. The van der Waals surface area contributed by atoms with E-state index in [1.54, 1.807) is 21.3 Å². The van der Waals surface area contributed by atoms with Crippen molar-refractivity contribution in [3.05, 3.63) is 29.8 Å². The van der Waals surface area contributed by atoms with E-state index < -0.39 is 0 Å². The zero-order valence-electron chi connectivity index (χ0n) is 9.53. The Balaban J connectivity index is 3.17. The molecule has 0 bridgehead atoms. The lowest BCUT2D eigenvalue weighted by Gasteiger charge is -2.10. The summed E-state index contributed by atoms with van der Waals surface area (Å²) in [7, 11) is 4.89. The number of benzene rings is 1. The first-order chi connectivity index (χ1) is 7.24. The topological polar surface area (TPSA) is 27.7 Å². The van der Waals surface area contributed by atoms with Crippen molar-refractivity contribution in [2.45, 2.75) is 6.92 Å². The largest absolute Gasteiger partial charge is 0.497 e. The maximum atomic E-state index is 5.23. The van der Waals surface area contributed by atoms with Gasteiger partial charge in [0.2, 0.25) is 0 Å². The van der Waals surface area contributed by atoms with E-state index in [-0.39, 0.29) is 0 Å². The molecular formula is C12H16O3. The van der Waals surface area contributed by atoms with Crippen molar-refractivity contribution in [1.29, 1.82) is 0 Å². The van der Waals surface area contributed by atoms with Crippen LogP contribution in [0.3, 0.4) is 0 Å². The molecule has 0 aliphatic rings. The van der Waals surface area contributed by atoms with Gasteiger partial charge in [0.05, 0.1) is 21.3 Å². The van der Waals surface area contributed by atoms with Crippen molar-refractivity contribution in [3.63, 3.8) is 0 Å². The molecule has 0 fully saturated rings. The second-order valence-corrected chi connectivity index (χ2v) is 2.96. The van der Waals surface area contributed by atoms with E-state index in [9.17, 15) is 0 Å². The van der Waals surface area contributed by atoms with Gasteiger partial charge in [-0.3, -0.25) is 0 Å². The lowest BCUT2D eigenvalue weighted by atomic mass is 10.1. The van der Waals surface area contributed by atoms with Crippen LogP contribution in [0.25, 0.3) is 5.76 Å². The van der Waals surface area contributed by atoms with E-state index in [0.717, 1.165) is 22.8 Å². The third-order valence-corrected chi connectivity index (χ3v) is 2.12. The minimum atomic E-state index is 0.751. The van der Waals surface area contributed by atoms with Gasteiger partial charge in [-0.1, -0.05) is 0 Å². The molecule has 0 atom stereocenters. The molecule has 0 saturated heterocycles. The van der Waals surface area contributed by atoms with Crippen LogP contribution in [0.15, 0.2) is 24.3 Å². The summed E-state index contributed by atoms with van der Waals surface area (Å²) in [6.07, 6.45) is 1.90. The molecule has 3 heteroatoms. The molecule has 1 aromatic carbocycles. The molecule has 0 N–H and O–H groups in total. The van der Waals surface area contributed by atoms with E-state index in [1.807, 2.05) is 31.2 Å². The van der Waals surface area contributed by atoms with Gasteiger partial charge in [0.1, 0.15) is 17.3 Å². The summed E-state index contributed by atoms with van der Waals surface area (Å²) in [5, 5.41) is 0. The monoisotopic (exact) mass is 208 g/mol. The normalized spacial score (nSPS) is 11.1. The average molecular weight is 208 g/mol. The van der Waals surface area contributed by atoms with Crippen LogP contribution in [0.5, 0.6) is 11.5 Å². The maximum Gasteiger partial charge on any atom is 0.123 e. The maximum absolute atomic E-state index is 5.23.